The monoisotopic (exact) mass is 336 g/mol. The molecule has 1 aromatic carbocycles. The zero-order chi connectivity index (χ0) is 17.0. The third-order valence-corrected chi connectivity index (χ3v) is 5.96. The van der Waals surface area contributed by atoms with Gasteiger partial charge in [0, 0.05) is 38.6 Å². The molecule has 0 bridgehead atoms. The highest BCUT2D eigenvalue weighted by Gasteiger charge is 2.38. The van der Waals surface area contributed by atoms with Gasteiger partial charge in [0.2, 0.25) is 5.95 Å². The van der Waals surface area contributed by atoms with Crippen LogP contribution >= 0.6 is 0 Å². The molecule has 4 nitrogen and oxygen atoms in total. The number of aromatic nitrogens is 2. The van der Waals surface area contributed by atoms with Crippen molar-refractivity contribution in [2.75, 3.05) is 37.6 Å². The molecule has 0 aliphatic carbocycles. The summed E-state index contributed by atoms with van der Waals surface area (Å²) in [7, 11) is 0. The smallest absolute Gasteiger partial charge is 0.225 e. The first kappa shape index (κ1) is 16.5. The summed E-state index contributed by atoms with van der Waals surface area (Å²) < 4.78 is 0. The van der Waals surface area contributed by atoms with Crippen LogP contribution in [-0.4, -0.2) is 47.6 Å². The second kappa shape index (κ2) is 7.52. The highest BCUT2D eigenvalue weighted by Crippen LogP contribution is 2.40. The number of likely N-dealkylation sites (tertiary alicyclic amines) is 1. The van der Waals surface area contributed by atoms with Crippen LogP contribution in [0.5, 0.6) is 0 Å². The summed E-state index contributed by atoms with van der Waals surface area (Å²) in [5, 5.41) is 0. The second-order valence-electron chi connectivity index (χ2n) is 7.65. The maximum absolute atomic E-state index is 4.42. The lowest BCUT2D eigenvalue weighted by Crippen LogP contribution is -2.50. The lowest BCUT2D eigenvalue weighted by molar-refractivity contribution is 0.0658. The Labute approximate surface area is 150 Å². The van der Waals surface area contributed by atoms with Crippen molar-refractivity contribution in [2.45, 2.75) is 32.1 Å². The highest BCUT2D eigenvalue weighted by molar-refractivity contribution is 5.29. The van der Waals surface area contributed by atoms with E-state index in [0.29, 0.717) is 5.41 Å². The minimum atomic E-state index is 0.514. The predicted molar refractivity (Wildman–Crippen MR) is 102 cm³/mol. The summed E-state index contributed by atoms with van der Waals surface area (Å²) in [6.07, 6.45) is 10.1. The molecule has 25 heavy (non-hydrogen) atoms. The number of benzene rings is 1. The summed E-state index contributed by atoms with van der Waals surface area (Å²) in [5.41, 5.74) is 1.97. The molecule has 1 spiro atoms. The normalized spacial score (nSPS) is 20.7. The molecule has 2 fully saturated rings. The van der Waals surface area contributed by atoms with E-state index < -0.39 is 0 Å². The van der Waals surface area contributed by atoms with Crippen molar-refractivity contribution in [1.82, 2.24) is 14.9 Å². The Hall–Kier alpha value is -1.94. The van der Waals surface area contributed by atoms with Gasteiger partial charge in [-0.3, -0.25) is 0 Å². The number of anilines is 1. The lowest BCUT2D eigenvalue weighted by atomic mass is 9.72. The molecule has 4 rings (SSSR count). The molecule has 0 N–H and O–H groups in total. The van der Waals surface area contributed by atoms with Crippen molar-refractivity contribution in [2.24, 2.45) is 5.41 Å². The number of hydrogen-bond acceptors (Lipinski definition) is 4. The molecule has 2 saturated heterocycles. The van der Waals surface area contributed by atoms with Crippen molar-refractivity contribution in [3.63, 3.8) is 0 Å². The topological polar surface area (TPSA) is 32.3 Å². The third-order valence-electron chi connectivity index (χ3n) is 5.96. The van der Waals surface area contributed by atoms with Crippen LogP contribution < -0.4 is 4.90 Å². The predicted octanol–water partition coefficient (Wildman–Crippen LogP) is 3.40. The van der Waals surface area contributed by atoms with Crippen LogP contribution in [0.4, 0.5) is 5.95 Å². The summed E-state index contributed by atoms with van der Waals surface area (Å²) in [6, 6.07) is 12.8. The fourth-order valence-electron chi connectivity index (χ4n) is 4.48. The van der Waals surface area contributed by atoms with Gasteiger partial charge in [0.25, 0.3) is 0 Å². The van der Waals surface area contributed by atoms with Gasteiger partial charge < -0.3 is 9.80 Å². The minimum absolute atomic E-state index is 0.514. The van der Waals surface area contributed by atoms with Crippen molar-refractivity contribution >= 4 is 5.95 Å². The molecule has 2 aliphatic rings. The van der Waals surface area contributed by atoms with E-state index in [1.807, 2.05) is 18.5 Å². The molecule has 4 heteroatoms. The number of piperidine rings is 2. The van der Waals surface area contributed by atoms with Crippen molar-refractivity contribution < 1.29 is 0 Å². The number of rotatable bonds is 4. The van der Waals surface area contributed by atoms with E-state index in [9.17, 15) is 0 Å². The van der Waals surface area contributed by atoms with Gasteiger partial charge in [0.15, 0.2) is 0 Å². The Bertz CT molecular complexity index is 650. The lowest BCUT2D eigenvalue weighted by Gasteiger charge is -2.47. The van der Waals surface area contributed by atoms with Crippen LogP contribution in [0.3, 0.4) is 0 Å². The van der Waals surface area contributed by atoms with E-state index in [1.54, 1.807) is 0 Å². The number of hydrogen-bond donors (Lipinski definition) is 0. The third kappa shape index (κ3) is 4.01. The van der Waals surface area contributed by atoms with Crippen molar-refractivity contribution in [3.8, 4) is 0 Å². The Kier molecular flexibility index (Phi) is 4.97. The summed E-state index contributed by atoms with van der Waals surface area (Å²) in [6.45, 7) is 5.91. The SMILES string of the molecule is c1ccc(CCN2CCCC3(CCN(c4ncccn4)CC3)C2)cc1. The average molecular weight is 336 g/mol. The summed E-state index contributed by atoms with van der Waals surface area (Å²) in [5.74, 6) is 0.897. The second-order valence-corrected chi connectivity index (χ2v) is 7.65. The van der Waals surface area contributed by atoms with Gasteiger partial charge in [-0.15, -0.1) is 0 Å². The van der Waals surface area contributed by atoms with Crippen LogP contribution in [0.2, 0.25) is 0 Å². The first-order valence-corrected chi connectivity index (χ1v) is 9.61. The van der Waals surface area contributed by atoms with Gasteiger partial charge in [-0.2, -0.15) is 0 Å². The van der Waals surface area contributed by atoms with Gasteiger partial charge >= 0.3 is 0 Å². The fourth-order valence-corrected chi connectivity index (χ4v) is 4.48. The Morgan fingerprint density at radius 1 is 0.880 bits per heavy atom. The maximum Gasteiger partial charge on any atom is 0.225 e. The van der Waals surface area contributed by atoms with Crippen LogP contribution in [-0.2, 0) is 6.42 Å². The Morgan fingerprint density at radius 2 is 1.64 bits per heavy atom. The maximum atomic E-state index is 4.42. The van der Waals surface area contributed by atoms with Crippen LogP contribution in [0, 0.1) is 5.41 Å². The summed E-state index contributed by atoms with van der Waals surface area (Å²) >= 11 is 0. The molecule has 0 radical (unpaired) electrons. The van der Waals surface area contributed by atoms with E-state index in [4.69, 9.17) is 0 Å². The zero-order valence-electron chi connectivity index (χ0n) is 15.0. The van der Waals surface area contributed by atoms with Crippen molar-refractivity contribution in [1.29, 1.82) is 0 Å². The van der Waals surface area contributed by atoms with E-state index in [1.165, 1.54) is 57.3 Å². The molecular formula is C21H28N4. The van der Waals surface area contributed by atoms with Gasteiger partial charge in [-0.05, 0) is 55.7 Å². The van der Waals surface area contributed by atoms with Crippen molar-refractivity contribution in [3.05, 3.63) is 54.4 Å². The van der Waals surface area contributed by atoms with Gasteiger partial charge in [0.05, 0.1) is 0 Å². The molecule has 0 amide bonds. The average Bonchev–Trinajstić information content (AvgIpc) is 2.69. The molecule has 0 saturated carbocycles. The van der Waals surface area contributed by atoms with Gasteiger partial charge in [0.1, 0.15) is 0 Å². The van der Waals surface area contributed by atoms with Gasteiger partial charge in [-0.25, -0.2) is 9.97 Å². The summed E-state index contributed by atoms with van der Waals surface area (Å²) in [4.78, 5) is 13.9. The molecule has 0 unspecified atom stereocenters. The molecular weight excluding hydrogens is 308 g/mol. The molecule has 132 valence electrons. The van der Waals surface area contributed by atoms with E-state index >= 15 is 0 Å². The largest absolute Gasteiger partial charge is 0.341 e. The molecule has 3 heterocycles. The van der Waals surface area contributed by atoms with E-state index in [2.05, 4.69) is 50.1 Å². The molecule has 0 atom stereocenters. The fraction of sp³-hybridized carbons (Fsp3) is 0.524. The van der Waals surface area contributed by atoms with Crippen LogP contribution in [0.25, 0.3) is 0 Å². The first-order valence-electron chi connectivity index (χ1n) is 9.61. The molecule has 1 aromatic heterocycles. The Balaban J connectivity index is 1.32. The first-order chi connectivity index (χ1) is 12.3. The molecule has 2 aromatic rings. The quantitative estimate of drug-likeness (QED) is 0.856. The van der Waals surface area contributed by atoms with Crippen LogP contribution in [0.15, 0.2) is 48.8 Å². The van der Waals surface area contributed by atoms with Gasteiger partial charge in [-0.1, -0.05) is 30.3 Å². The zero-order valence-corrected chi connectivity index (χ0v) is 15.0. The minimum Gasteiger partial charge on any atom is -0.341 e. The number of nitrogens with zero attached hydrogens (tertiary/aromatic N) is 4. The van der Waals surface area contributed by atoms with Crippen LogP contribution in [0.1, 0.15) is 31.2 Å². The molecule has 2 aliphatic heterocycles. The van der Waals surface area contributed by atoms with E-state index in [0.717, 1.165) is 19.0 Å². The standard InChI is InChI=1S/C21H28N4/c1-2-6-19(7-3-1)8-15-24-14-4-9-21(18-24)10-16-25(17-11-21)20-22-12-5-13-23-20/h1-3,5-7,12-13H,4,8-11,14-18H2. The highest BCUT2D eigenvalue weighted by atomic mass is 15.3. The van der Waals surface area contributed by atoms with E-state index in [-0.39, 0.29) is 0 Å². The Morgan fingerprint density at radius 3 is 2.40 bits per heavy atom.